The molecule has 212 valence electrons. The fourth-order valence-corrected chi connectivity index (χ4v) is 5.66. The summed E-state index contributed by atoms with van der Waals surface area (Å²) in [6.07, 6.45) is 3.04. The van der Waals surface area contributed by atoms with Crippen molar-refractivity contribution in [1.29, 1.82) is 0 Å². The summed E-state index contributed by atoms with van der Waals surface area (Å²) in [7, 11) is 0. The van der Waals surface area contributed by atoms with Gasteiger partial charge in [0, 0.05) is 47.1 Å². The highest BCUT2D eigenvalue weighted by atomic mass is 16.4. The van der Waals surface area contributed by atoms with Crippen molar-refractivity contribution >= 4 is 56.8 Å². The predicted molar refractivity (Wildman–Crippen MR) is 160 cm³/mol. The van der Waals surface area contributed by atoms with E-state index in [0.29, 0.717) is 30.7 Å². The van der Waals surface area contributed by atoms with Gasteiger partial charge in [-0.05, 0) is 111 Å². The van der Waals surface area contributed by atoms with Crippen LogP contribution in [0.25, 0.3) is 44.9 Å². The topological polar surface area (TPSA) is 152 Å². The van der Waals surface area contributed by atoms with Crippen LogP contribution in [0.4, 0.5) is 0 Å². The number of nitrogens with zero attached hydrogens (tertiary/aromatic N) is 2. The van der Waals surface area contributed by atoms with Gasteiger partial charge in [-0.3, -0.25) is 9.59 Å². The Morgan fingerprint density at radius 1 is 0.780 bits per heavy atom. The van der Waals surface area contributed by atoms with E-state index < -0.39 is 11.9 Å². The summed E-state index contributed by atoms with van der Waals surface area (Å²) in [5.74, 6) is -1.77. The van der Waals surface area contributed by atoms with Gasteiger partial charge in [0.15, 0.2) is 0 Å². The molecule has 0 saturated heterocycles. The van der Waals surface area contributed by atoms with Crippen LogP contribution in [0.3, 0.4) is 0 Å². The molecule has 2 aliphatic rings. The van der Waals surface area contributed by atoms with Crippen LogP contribution in [0.1, 0.15) is 78.1 Å². The van der Waals surface area contributed by atoms with E-state index in [2.05, 4.69) is 9.97 Å². The van der Waals surface area contributed by atoms with Gasteiger partial charge >= 0.3 is 11.9 Å². The van der Waals surface area contributed by atoms with Gasteiger partial charge in [0.1, 0.15) is 0 Å². The SMILES string of the molecule is CC1=Cc2nc1cc1nc(cc3[nH]c(cc4cc(C)c([nH]4)c2CCO)c(C)c3CCC(=O)O)C(CCC(=O)O)=C1C. The Balaban J connectivity index is 1.91. The summed E-state index contributed by atoms with van der Waals surface area (Å²) >= 11 is 0. The van der Waals surface area contributed by atoms with Crippen molar-refractivity contribution < 1.29 is 24.9 Å². The van der Waals surface area contributed by atoms with Gasteiger partial charge in [0.2, 0.25) is 0 Å². The molecule has 8 bridgehead atoms. The molecular weight excluding hydrogens is 520 g/mol. The number of aromatic amines is 2. The normalized spacial score (nSPS) is 13.0. The van der Waals surface area contributed by atoms with Gasteiger partial charge < -0.3 is 25.3 Å². The molecular formula is C32H34N4O5. The number of aliphatic hydroxyl groups excluding tert-OH is 1. The summed E-state index contributed by atoms with van der Waals surface area (Å²) in [4.78, 5) is 39.8. The molecule has 2 aliphatic heterocycles. The first-order valence-electron chi connectivity index (χ1n) is 13.7. The number of aryl methyl sites for hydroxylation is 3. The van der Waals surface area contributed by atoms with Gasteiger partial charge in [0.05, 0.1) is 22.8 Å². The Morgan fingerprint density at radius 2 is 1.51 bits per heavy atom. The van der Waals surface area contributed by atoms with Crippen molar-refractivity contribution in [3.8, 4) is 0 Å². The summed E-state index contributed by atoms with van der Waals surface area (Å²) in [5.41, 5.74) is 12.7. The molecule has 41 heavy (non-hydrogen) atoms. The van der Waals surface area contributed by atoms with E-state index in [1.807, 2.05) is 58.0 Å². The van der Waals surface area contributed by atoms with Crippen molar-refractivity contribution in [2.45, 2.75) is 59.8 Å². The van der Waals surface area contributed by atoms with Crippen LogP contribution in [0.2, 0.25) is 0 Å². The average Bonchev–Trinajstić information content (AvgIpc) is 3.61. The zero-order valence-corrected chi connectivity index (χ0v) is 23.7. The highest BCUT2D eigenvalue weighted by Crippen LogP contribution is 2.35. The number of allylic oxidation sites excluding steroid dienone is 3. The molecule has 9 heteroatoms. The molecule has 5 rings (SSSR count). The first-order valence-corrected chi connectivity index (χ1v) is 13.7. The molecule has 0 radical (unpaired) electrons. The van der Waals surface area contributed by atoms with Crippen LogP contribution in [0.15, 0.2) is 24.3 Å². The highest BCUT2D eigenvalue weighted by Gasteiger charge is 2.20. The maximum absolute atomic E-state index is 11.5. The zero-order valence-electron chi connectivity index (χ0n) is 23.7. The monoisotopic (exact) mass is 554 g/mol. The van der Waals surface area contributed by atoms with Crippen molar-refractivity contribution in [3.05, 3.63) is 69.3 Å². The minimum absolute atomic E-state index is 0.0212. The van der Waals surface area contributed by atoms with E-state index in [1.165, 1.54) is 0 Å². The lowest BCUT2D eigenvalue weighted by Crippen LogP contribution is -1.98. The molecule has 5 heterocycles. The molecule has 9 nitrogen and oxygen atoms in total. The second-order valence-electron chi connectivity index (χ2n) is 10.7. The number of hydrogen-bond donors (Lipinski definition) is 5. The summed E-state index contributed by atoms with van der Waals surface area (Å²) in [6, 6.07) is 7.88. The van der Waals surface area contributed by atoms with E-state index >= 15 is 0 Å². The van der Waals surface area contributed by atoms with E-state index in [4.69, 9.17) is 9.97 Å². The number of aromatic nitrogens is 4. The Labute approximate surface area is 237 Å². The zero-order chi connectivity index (χ0) is 29.4. The maximum atomic E-state index is 11.5. The smallest absolute Gasteiger partial charge is 0.303 e. The van der Waals surface area contributed by atoms with Crippen molar-refractivity contribution in [3.63, 3.8) is 0 Å². The minimum atomic E-state index is -0.888. The highest BCUT2D eigenvalue weighted by molar-refractivity contribution is 5.94. The van der Waals surface area contributed by atoms with Crippen LogP contribution in [-0.2, 0) is 22.4 Å². The molecule has 0 spiro atoms. The number of aliphatic carboxylic acids is 2. The second kappa shape index (κ2) is 11.2. The first-order chi connectivity index (χ1) is 19.5. The molecule has 0 unspecified atom stereocenters. The number of rotatable bonds is 8. The van der Waals surface area contributed by atoms with Crippen LogP contribution in [0, 0.1) is 13.8 Å². The lowest BCUT2D eigenvalue weighted by Gasteiger charge is -2.03. The summed E-state index contributed by atoms with van der Waals surface area (Å²) in [5, 5.41) is 28.8. The number of carboxylic acids is 2. The third kappa shape index (κ3) is 5.58. The van der Waals surface area contributed by atoms with Crippen molar-refractivity contribution in [1.82, 2.24) is 19.9 Å². The van der Waals surface area contributed by atoms with E-state index in [9.17, 15) is 24.9 Å². The van der Waals surface area contributed by atoms with Gasteiger partial charge in [-0.15, -0.1) is 0 Å². The van der Waals surface area contributed by atoms with Crippen LogP contribution >= 0.6 is 0 Å². The van der Waals surface area contributed by atoms with Crippen molar-refractivity contribution in [2.24, 2.45) is 0 Å². The predicted octanol–water partition coefficient (Wildman–Crippen LogP) is 5.84. The fourth-order valence-electron chi connectivity index (χ4n) is 5.66. The van der Waals surface area contributed by atoms with Gasteiger partial charge in [-0.1, -0.05) is 0 Å². The van der Waals surface area contributed by atoms with E-state index in [-0.39, 0.29) is 19.4 Å². The molecule has 0 aliphatic carbocycles. The largest absolute Gasteiger partial charge is 0.481 e. The fraction of sp³-hybridized carbons (Fsp3) is 0.312. The van der Waals surface area contributed by atoms with Gasteiger partial charge in [0.25, 0.3) is 0 Å². The number of H-pyrrole nitrogens is 2. The molecule has 0 aromatic carbocycles. The minimum Gasteiger partial charge on any atom is -0.481 e. The molecule has 0 atom stereocenters. The number of aliphatic hydroxyl groups is 1. The van der Waals surface area contributed by atoms with Crippen LogP contribution in [0.5, 0.6) is 0 Å². The molecule has 0 saturated carbocycles. The third-order valence-electron chi connectivity index (χ3n) is 7.88. The van der Waals surface area contributed by atoms with E-state index in [0.717, 1.165) is 72.4 Å². The molecule has 0 amide bonds. The number of carboxylic acid groups (broad SMARTS) is 2. The summed E-state index contributed by atoms with van der Waals surface area (Å²) < 4.78 is 0. The van der Waals surface area contributed by atoms with Gasteiger partial charge in [-0.25, -0.2) is 9.97 Å². The average molecular weight is 555 g/mol. The Morgan fingerprint density at radius 3 is 2.22 bits per heavy atom. The maximum Gasteiger partial charge on any atom is 0.303 e. The Hall–Kier alpha value is -4.50. The number of carbonyl (C=O) groups is 2. The number of nitrogens with one attached hydrogen (secondary N) is 2. The first kappa shape index (κ1) is 28.0. The summed E-state index contributed by atoms with van der Waals surface area (Å²) in [6.45, 7) is 7.89. The van der Waals surface area contributed by atoms with Crippen LogP contribution in [-0.4, -0.2) is 53.8 Å². The Kier molecular flexibility index (Phi) is 7.64. The second-order valence-corrected chi connectivity index (χ2v) is 10.7. The molecule has 0 fully saturated rings. The van der Waals surface area contributed by atoms with E-state index in [1.54, 1.807) is 0 Å². The third-order valence-corrected chi connectivity index (χ3v) is 7.88. The number of hydrogen-bond acceptors (Lipinski definition) is 5. The molecule has 5 N–H and O–H groups in total. The van der Waals surface area contributed by atoms with Crippen LogP contribution < -0.4 is 0 Å². The lowest BCUT2D eigenvalue weighted by molar-refractivity contribution is -0.137. The molecule has 3 aromatic heterocycles. The quantitative estimate of drug-likeness (QED) is 0.234. The lowest BCUT2D eigenvalue weighted by atomic mass is 10.00. The standard InChI is InChI=1S/C32H34N4O5/c1-16-12-27-23(9-10-37)32-17(2)11-20(33-32)13-25-18(3)21(5-7-30(38)39)28(35-25)15-29-22(6-8-31(40)41)19(4)26(36-29)14-24(16)34-27/h11-15,33,35,37H,5-10H2,1-4H3,(H,38,39)(H,40,41). The van der Waals surface area contributed by atoms with Crippen molar-refractivity contribution in [2.75, 3.05) is 6.61 Å². The number of fused-ring (bicyclic) bond motifs is 8. The molecule has 3 aromatic rings. The Bertz CT molecular complexity index is 1810. The van der Waals surface area contributed by atoms with Gasteiger partial charge in [-0.2, -0.15) is 0 Å².